The van der Waals surface area contributed by atoms with E-state index < -0.39 is 4.84 Å². The van der Waals surface area contributed by atoms with Crippen molar-refractivity contribution in [1.29, 1.82) is 0 Å². The first kappa shape index (κ1) is 9.30. The van der Waals surface area contributed by atoms with Crippen molar-refractivity contribution >= 4 is 39.1 Å². The van der Waals surface area contributed by atoms with Crippen LogP contribution in [0.4, 0.5) is 4.39 Å². The van der Waals surface area contributed by atoms with Crippen molar-refractivity contribution in [3.8, 4) is 0 Å². The van der Waals surface area contributed by atoms with Gasteiger partial charge in [-0.15, -0.1) is 23.2 Å². The van der Waals surface area contributed by atoms with Crippen molar-refractivity contribution < 1.29 is 4.39 Å². The molecule has 1 aromatic carbocycles. The van der Waals surface area contributed by atoms with E-state index in [0.717, 1.165) is 0 Å². The predicted octanol–water partition coefficient (Wildman–Crippen LogP) is 4.06. The second-order valence-electron chi connectivity index (χ2n) is 1.97. The first-order valence-electron chi connectivity index (χ1n) is 2.84. The summed E-state index contributed by atoms with van der Waals surface area (Å²) in [6, 6.07) is 4.21. The molecule has 0 radical (unpaired) electrons. The van der Waals surface area contributed by atoms with Crippen molar-refractivity contribution in [3.63, 3.8) is 0 Å². The first-order valence-corrected chi connectivity index (χ1v) is 4.51. The molecule has 0 fully saturated rings. The molecule has 0 N–H and O–H groups in total. The van der Waals surface area contributed by atoms with Crippen LogP contribution in [0.1, 0.15) is 10.4 Å². The van der Waals surface area contributed by atoms with Crippen LogP contribution in [0, 0.1) is 5.82 Å². The lowest BCUT2D eigenvalue weighted by molar-refractivity contribution is 0.626. The summed E-state index contributed by atoms with van der Waals surface area (Å²) in [5, 5.41) is 0. The summed E-state index contributed by atoms with van der Waals surface area (Å²) in [5.41, 5.74) is 0.549. The molecular formula is C7H4BrCl2F. The van der Waals surface area contributed by atoms with Gasteiger partial charge in [-0.3, -0.25) is 0 Å². The van der Waals surface area contributed by atoms with Crippen LogP contribution < -0.4 is 0 Å². The Morgan fingerprint density at radius 3 is 2.45 bits per heavy atom. The van der Waals surface area contributed by atoms with Crippen LogP contribution >= 0.6 is 39.1 Å². The smallest absolute Gasteiger partial charge is 0.133 e. The summed E-state index contributed by atoms with van der Waals surface area (Å²) in [5.74, 6) is -0.338. The van der Waals surface area contributed by atoms with Crippen LogP contribution in [0.15, 0.2) is 22.7 Å². The summed E-state index contributed by atoms with van der Waals surface area (Å²) in [6.07, 6.45) is 0. The molecule has 0 atom stereocenters. The van der Waals surface area contributed by atoms with E-state index in [2.05, 4.69) is 15.9 Å². The van der Waals surface area contributed by atoms with Crippen molar-refractivity contribution in [2.75, 3.05) is 0 Å². The fourth-order valence-corrected chi connectivity index (χ4v) is 1.78. The van der Waals surface area contributed by atoms with Crippen LogP contribution in [0.5, 0.6) is 0 Å². The molecule has 0 aliphatic rings. The Morgan fingerprint density at radius 2 is 2.00 bits per heavy atom. The maximum atomic E-state index is 12.6. The second-order valence-corrected chi connectivity index (χ2v) is 3.92. The van der Waals surface area contributed by atoms with Gasteiger partial charge in [0, 0.05) is 10.0 Å². The number of rotatable bonds is 1. The summed E-state index contributed by atoms with van der Waals surface area (Å²) in [7, 11) is 0. The number of benzene rings is 1. The summed E-state index contributed by atoms with van der Waals surface area (Å²) in [4.78, 5) is -0.694. The Labute approximate surface area is 82.4 Å². The van der Waals surface area contributed by atoms with E-state index in [1.165, 1.54) is 12.1 Å². The lowest BCUT2D eigenvalue weighted by Crippen LogP contribution is -1.85. The lowest BCUT2D eigenvalue weighted by Gasteiger charge is -2.03. The maximum Gasteiger partial charge on any atom is 0.133 e. The van der Waals surface area contributed by atoms with Crippen molar-refractivity contribution in [3.05, 3.63) is 34.1 Å². The molecule has 11 heavy (non-hydrogen) atoms. The molecule has 60 valence electrons. The molecule has 4 heteroatoms. The van der Waals surface area contributed by atoms with Crippen LogP contribution in [0.25, 0.3) is 0 Å². The van der Waals surface area contributed by atoms with Crippen LogP contribution in [-0.2, 0) is 0 Å². The minimum atomic E-state index is -0.694. The largest absolute Gasteiger partial charge is 0.207 e. The third-order valence-corrected chi connectivity index (χ3v) is 2.39. The zero-order valence-electron chi connectivity index (χ0n) is 5.32. The molecule has 0 saturated carbocycles. The Balaban J connectivity index is 3.13. The van der Waals surface area contributed by atoms with Crippen molar-refractivity contribution in [2.45, 2.75) is 4.84 Å². The topological polar surface area (TPSA) is 0 Å². The molecule has 0 spiro atoms. The molecule has 0 saturated heterocycles. The van der Waals surface area contributed by atoms with Gasteiger partial charge in [0.25, 0.3) is 0 Å². The molecule has 0 bridgehead atoms. The van der Waals surface area contributed by atoms with Gasteiger partial charge in [-0.1, -0.05) is 15.9 Å². The Kier molecular flexibility index (Phi) is 3.16. The van der Waals surface area contributed by atoms with E-state index in [4.69, 9.17) is 23.2 Å². The average Bonchev–Trinajstić information content (AvgIpc) is 1.94. The second kappa shape index (κ2) is 3.74. The molecule has 0 heterocycles. The predicted molar refractivity (Wildman–Crippen MR) is 48.5 cm³/mol. The highest BCUT2D eigenvalue weighted by Gasteiger charge is 2.08. The van der Waals surface area contributed by atoms with E-state index in [1.54, 1.807) is 6.07 Å². The standard InChI is InChI=1S/C7H4BrCl2F/c8-6-2-1-4(11)3-5(6)7(9)10/h1-3,7H. The highest BCUT2D eigenvalue weighted by Crippen LogP contribution is 2.31. The number of halogens is 4. The van der Waals surface area contributed by atoms with Gasteiger partial charge in [-0.05, 0) is 18.2 Å². The third-order valence-electron chi connectivity index (χ3n) is 1.19. The fraction of sp³-hybridized carbons (Fsp3) is 0.143. The lowest BCUT2D eigenvalue weighted by atomic mass is 10.2. The van der Waals surface area contributed by atoms with E-state index >= 15 is 0 Å². The Morgan fingerprint density at radius 1 is 1.36 bits per heavy atom. The minimum absolute atomic E-state index is 0.338. The van der Waals surface area contributed by atoms with E-state index in [9.17, 15) is 4.39 Å². The van der Waals surface area contributed by atoms with Gasteiger partial charge in [0.1, 0.15) is 10.7 Å². The first-order chi connectivity index (χ1) is 5.11. The maximum absolute atomic E-state index is 12.6. The van der Waals surface area contributed by atoms with Crippen molar-refractivity contribution in [2.24, 2.45) is 0 Å². The monoisotopic (exact) mass is 256 g/mol. The SMILES string of the molecule is Fc1ccc(Br)c(C(Cl)Cl)c1. The van der Waals surface area contributed by atoms with Crippen LogP contribution in [0.2, 0.25) is 0 Å². The van der Waals surface area contributed by atoms with Gasteiger partial charge >= 0.3 is 0 Å². The molecule has 0 nitrogen and oxygen atoms in total. The summed E-state index contributed by atoms with van der Waals surface area (Å²) >= 11 is 14.3. The van der Waals surface area contributed by atoms with Crippen molar-refractivity contribution in [1.82, 2.24) is 0 Å². The van der Waals surface area contributed by atoms with Crippen LogP contribution in [-0.4, -0.2) is 0 Å². The van der Waals surface area contributed by atoms with Gasteiger partial charge in [0.2, 0.25) is 0 Å². The van der Waals surface area contributed by atoms with Gasteiger partial charge < -0.3 is 0 Å². The van der Waals surface area contributed by atoms with E-state index in [0.29, 0.717) is 10.0 Å². The van der Waals surface area contributed by atoms with Gasteiger partial charge in [0.05, 0.1) is 0 Å². The molecule has 0 aromatic heterocycles. The molecule has 0 aliphatic carbocycles. The third kappa shape index (κ3) is 2.32. The molecular weight excluding hydrogens is 254 g/mol. The Bertz CT molecular complexity index is 263. The quantitative estimate of drug-likeness (QED) is 0.666. The highest BCUT2D eigenvalue weighted by molar-refractivity contribution is 9.10. The molecule has 1 rings (SSSR count). The Hall–Kier alpha value is 0.210. The van der Waals surface area contributed by atoms with Gasteiger partial charge in [0.15, 0.2) is 0 Å². The average molecular weight is 258 g/mol. The highest BCUT2D eigenvalue weighted by atomic mass is 79.9. The summed E-state index contributed by atoms with van der Waals surface area (Å²) < 4.78 is 13.3. The van der Waals surface area contributed by atoms with Gasteiger partial charge in [-0.25, -0.2) is 4.39 Å². The number of alkyl halides is 2. The zero-order chi connectivity index (χ0) is 8.43. The van der Waals surface area contributed by atoms with E-state index in [1.807, 2.05) is 0 Å². The van der Waals surface area contributed by atoms with Gasteiger partial charge in [-0.2, -0.15) is 0 Å². The normalized spacial score (nSPS) is 10.6. The zero-order valence-corrected chi connectivity index (χ0v) is 8.42. The number of hydrogen-bond donors (Lipinski definition) is 0. The van der Waals surface area contributed by atoms with E-state index in [-0.39, 0.29) is 5.82 Å². The molecule has 1 aromatic rings. The minimum Gasteiger partial charge on any atom is -0.207 e. The fourth-order valence-electron chi connectivity index (χ4n) is 0.682. The number of hydrogen-bond acceptors (Lipinski definition) is 0. The molecule has 0 amide bonds. The summed E-state index contributed by atoms with van der Waals surface area (Å²) in [6.45, 7) is 0. The van der Waals surface area contributed by atoms with Crippen LogP contribution in [0.3, 0.4) is 0 Å². The molecule has 0 aliphatic heterocycles. The molecule has 0 unspecified atom stereocenters.